The summed E-state index contributed by atoms with van der Waals surface area (Å²) in [5, 5.41) is 3.43. The molecule has 0 aromatic heterocycles. The maximum Gasteiger partial charge on any atom is 0.320 e. The molecule has 2 fully saturated rings. The zero-order valence-electron chi connectivity index (χ0n) is 15.2. The Balaban J connectivity index is 0.00000225. The van der Waals surface area contributed by atoms with Gasteiger partial charge in [-0.1, -0.05) is 30.3 Å². The molecule has 2 aliphatic heterocycles. The van der Waals surface area contributed by atoms with Crippen molar-refractivity contribution in [2.45, 2.75) is 19.4 Å². The maximum atomic E-state index is 12.6. The number of nitrogens with zero attached hydrogens (tertiary/aromatic N) is 3. The molecule has 1 N–H and O–H groups in total. The molecule has 2 heterocycles. The van der Waals surface area contributed by atoms with Crippen LogP contribution in [0.4, 0.5) is 4.79 Å². The van der Waals surface area contributed by atoms with Crippen molar-refractivity contribution in [1.29, 1.82) is 0 Å². The Kier molecular flexibility index (Phi) is 8.00. The molecule has 0 radical (unpaired) electrons. The highest BCUT2D eigenvalue weighted by Gasteiger charge is 2.25. The number of piperidine rings is 1. The van der Waals surface area contributed by atoms with E-state index in [1.807, 2.05) is 35.0 Å². The van der Waals surface area contributed by atoms with Crippen LogP contribution in [0.3, 0.4) is 0 Å². The minimum Gasteiger partial charge on any atom is -0.323 e. The molecule has 5 nitrogen and oxygen atoms in total. The molecule has 2 saturated heterocycles. The average molecular weight is 367 g/mol. The molecule has 3 rings (SSSR count). The second-order valence-electron chi connectivity index (χ2n) is 7.11. The summed E-state index contributed by atoms with van der Waals surface area (Å²) in [6.07, 6.45) is 2.58. The number of rotatable bonds is 4. The molecule has 25 heavy (non-hydrogen) atoms. The molecular formula is C19H31ClN4O. The first kappa shape index (κ1) is 20.0. The second kappa shape index (κ2) is 10.00. The van der Waals surface area contributed by atoms with Gasteiger partial charge in [0.15, 0.2) is 0 Å². The molecule has 0 atom stereocenters. The lowest BCUT2D eigenvalue weighted by Gasteiger charge is -2.38. The van der Waals surface area contributed by atoms with Crippen LogP contribution in [0.5, 0.6) is 0 Å². The van der Waals surface area contributed by atoms with Gasteiger partial charge in [-0.25, -0.2) is 4.79 Å². The maximum absolute atomic E-state index is 12.6. The summed E-state index contributed by atoms with van der Waals surface area (Å²) in [4.78, 5) is 19.0. The van der Waals surface area contributed by atoms with Crippen molar-refractivity contribution in [3.05, 3.63) is 35.9 Å². The Bertz CT molecular complexity index is 513. The Morgan fingerprint density at radius 1 is 1.12 bits per heavy atom. The molecule has 1 aromatic carbocycles. The molecule has 0 unspecified atom stereocenters. The predicted molar refractivity (Wildman–Crippen MR) is 104 cm³/mol. The number of urea groups is 1. The van der Waals surface area contributed by atoms with Crippen LogP contribution in [0.1, 0.15) is 18.4 Å². The molecule has 0 bridgehead atoms. The summed E-state index contributed by atoms with van der Waals surface area (Å²) in [5.41, 5.74) is 1.18. The topological polar surface area (TPSA) is 38.8 Å². The van der Waals surface area contributed by atoms with Crippen LogP contribution in [-0.2, 0) is 6.54 Å². The third-order valence-corrected chi connectivity index (χ3v) is 5.21. The first-order valence-electron chi connectivity index (χ1n) is 9.19. The normalized spacial score (nSPS) is 19.3. The SMILES string of the molecule is CN(Cc1ccccc1)C(=O)N1CCN(CC2CCNCC2)CC1.Cl. The van der Waals surface area contributed by atoms with Gasteiger partial charge in [0.2, 0.25) is 0 Å². The van der Waals surface area contributed by atoms with Gasteiger partial charge in [0.05, 0.1) is 0 Å². The molecule has 6 heteroatoms. The van der Waals surface area contributed by atoms with Crippen molar-refractivity contribution in [1.82, 2.24) is 20.0 Å². The predicted octanol–water partition coefficient (Wildman–Crippen LogP) is 2.28. The molecule has 0 aliphatic carbocycles. The number of hydrogen-bond acceptors (Lipinski definition) is 3. The summed E-state index contributed by atoms with van der Waals surface area (Å²) in [6.45, 7) is 7.91. The standard InChI is InChI=1S/C19H30N4O.ClH/c1-21(15-17-5-3-2-4-6-17)19(24)23-13-11-22(12-14-23)16-18-7-9-20-10-8-18;/h2-6,18,20H,7-16H2,1H3;1H. The van der Waals surface area contributed by atoms with Crippen LogP contribution in [0.2, 0.25) is 0 Å². The van der Waals surface area contributed by atoms with E-state index >= 15 is 0 Å². The highest BCUT2D eigenvalue weighted by Crippen LogP contribution is 2.15. The second-order valence-corrected chi connectivity index (χ2v) is 7.11. The Morgan fingerprint density at radius 3 is 2.40 bits per heavy atom. The van der Waals surface area contributed by atoms with E-state index in [4.69, 9.17) is 0 Å². The van der Waals surface area contributed by atoms with Gasteiger partial charge in [-0.3, -0.25) is 4.90 Å². The number of carbonyl (C=O) groups excluding carboxylic acids is 1. The number of hydrogen-bond donors (Lipinski definition) is 1. The van der Waals surface area contributed by atoms with E-state index in [9.17, 15) is 4.79 Å². The third kappa shape index (κ3) is 5.87. The summed E-state index contributed by atoms with van der Waals surface area (Å²) in [5.74, 6) is 0.828. The summed E-state index contributed by atoms with van der Waals surface area (Å²) >= 11 is 0. The van der Waals surface area contributed by atoms with E-state index in [-0.39, 0.29) is 18.4 Å². The summed E-state index contributed by atoms with van der Waals surface area (Å²) in [7, 11) is 1.90. The number of amides is 2. The molecule has 2 amide bonds. The van der Waals surface area contributed by atoms with Gasteiger partial charge in [0.25, 0.3) is 0 Å². The molecule has 2 aliphatic rings. The van der Waals surface area contributed by atoms with Crippen LogP contribution in [0, 0.1) is 5.92 Å². The van der Waals surface area contributed by atoms with Gasteiger partial charge in [-0.15, -0.1) is 12.4 Å². The van der Waals surface area contributed by atoms with Crippen molar-refractivity contribution < 1.29 is 4.79 Å². The van der Waals surface area contributed by atoms with E-state index < -0.39 is 0 Å². The van der Waals surface area contributed by atoms with Gasteiger partial charge < -0.3 is 15.1 Å². The van der Waals surface area contributed by atoms with Crippen LogP contribution in [-0.4, -0.2) is 73.6 Å². The van der Waals surface area contributed by atoms with E-state index in [1.54, 1.807) is 0 Å². The van der Waals surface area contributed by atoms with Gasteiger partial charge in [-0.05, 0) is 37.4 Å². The van der Waals surface area contributed by atoms with Crippen LogP contribution in [0.15, 0.2) is 30.3 Å². The first-order valence-corrected chi connectivity index (χ1v) is 9.19. The lowest BCUT2D eigenvalue weighted by Crippen LogP contribution is -2.53. The minimum absolute atomic E-state index is 0. The number of carbonyl (C=O) groups is 1. The molecule has 0 spiro atoms. The van der Waals surface area contributed by atoms with Gasteiger partial charge in [-0.2, -0.15) is 0 Å². The zero-order valence-corrected chi connectivity index (χ0v) is 16.0. The third-order valence-electron chi connectivity index (χ3n) is 5.21. The van der Waals surface area contributed by atoms with Gasteiger partial charge >= 0.3 is 6.03 Å². The van der Waals surface area contributed by atoms with E-state index in [2.05, 4.69) is 22.3 Å². The fraction of sp³-hybridized carbons (Fsp3) is 0.632. The van der Waals surface area contributed by atoms with Crippen molar-refractivity contribution in [3.8, 4) is 0 Å². The van der Waals surface area contributed by atoms with Gasteiger partial charge in [0, 0.05) is 46.3 Å². The highest BCUT2D eigenvalue weighted by molar-refractivity contribution is 5.85. The number of benzene rings is 1. The Morgan fingerprint density at radius 2 is 1.76 bits per heavy atom. The zero-order chi connectivity index (χ0) is 16.8. The van der Waals surface area contributed by atoms with Gasteiger partial charge in [0.1, 0.15) is 0 Å². The molecule has 1 aromatic rings. The number of nitrogens with one attached hydrogen (secondary N) is 1. The molecular weight excluding hydrogens is 336 g/mol. The molecule has 140 valence electrons. The lowest BCUT2D eigenvalue weighted by atomic mass is 9.97. The fourth-order valence-electron chi connectivity index (χ4n) is 3.72. The first-order chi connectivity index (χ1) is 11.7. The number of halogens is 1. The quantitative estimate of drug-likeness (QED) is 0.888. The van der Waals surface area contributed by atoms with E-state index in [0.717, 1.165) is 45.2 Å². The largest absolute Gasteiger partial charge is 0.323 e. The van der Waals surface area contributed by atoms with Crippen molar-refractivity contribution in [2.75, 3.05) is 52.9 Å². The van der Waals surface area contributed by atoms with Crippen molar-refractivity contribution in [2.24, 2.45) is 5.92 Å². The van der Waals surface area contributed by atoms with E-state index in [1.165, 1.54) is 24.9 Å². The van der Waals surface area contributed by atoms with Crippen LogP contribution >= 0.6 is 12.4 Å². The minimum atomic E-state index is 0. The lowest BCUT2D eigenvalue weighted by molar-refractivity contribution is 0.104. The molecule has 0 saturated carbocycles. The van der Waals surface area contributed by atoms with E-state index in [0.29, 0.717) is 6.54 Å². The van der Waals surface area contributed by atoms with Crippen LogP contribution in [0.25, 0.3) is 0 Å². The van der Waals surface area contributed by atoms with Crippen molar-refractivity contribution in [3.63, 3.8) is 0 Å². The fourth-order valence-corrected chi connectivity index (χ4v) is 3.72. The average Bonchev–Trinajstić information content (AvgIpc) is 2.63. The highest BCUT2D eigenvalue weighted by atomic mass is 35.5. The smallest absolute Gasteiger partial charge is 0.320 e. The number of piperazine rings is 1. The Labute approximate surface area is 157 Å². The Hall–Kier alpha value is -1.30. The monoisotopic (exact) mass is 366 g/mol. The van der Waals surface area contributed by atoms with Crippen molar-refractivity contribution >= 4 is 18.4 Å². The summed E-state index contributed by atoms with van der Waals surface area (Å²) < 4.78 is 0. The van der Waals surface area contributed by atoms with Crippen LogP contribution < -0.4 is 5.32 Å². The summed E-state index contributed by atoms with van der Waals surface area (Å²) in [6, 6.07) is 10.3.